The van der Waals surface area contributed by atoms with Gasteiger partial charge in [0.15, 0.2) is 9.84 Å². The summed E-state index contributed by atoms with van der Waals surface area (Å²) in [7, 11) is -3.88. The molecule has 0 aromatic heterocycles. The van der Waals surface area contributed by atoms with E-state index in [1.807, 2.05) is 0 Å². The Kier molecular flexibility index (Phi) is 7.60. The van der Waals surface area contributed by atoms with Gasteiger partial charge >= 0.3 is 0 Å². The molecule has 1 saturated heterocycles. The predicted molar refractivity (Wildman–Crippen MR) is 107 cm³/mol. The Morgan fingerprint density at radius 3 is 2.52 bits per heavy atom. The highest BCUT2D eigenvalue weighted by molar-refractivity contribution is 7.92. The molecule has 31 heavy (non-hydrogen) atoms. The first-order valence-electron chi connectivity index (χ1n) is 9.77. The summed E-state index contributed by atoms with van der Waals surface area (Å²) in [6.07, 6.45) is 0.113. The molecule has 2 atom stereocenters. The van der Waals surface area contributed by atoms with Gasteiger partial charge in [-0.1, -0.05) is 17.4 Å². The Hall–Kier alpha value is -2.53. The SMILES string of the molecule is CCON(O)C(=O)C1COCCC1S(=O)(=O)c1ccc(OCc2ccc(F)cc2)cc1. The molecule has 1 aliphatic rings. The zero-order chi connectivity index (χ0) is 22.4. The zero-order valence-electron chi connectivity index (χ0n) is 16.9. The standard InChI is InChI=1S/C21H24FNO7S/c1-2-30-23(25)21(24)19-14-28-12-11-20(19)31(26,27)18-9-7-17(8-10-18)29-13-15-3-5-16(22)6-4-15/h3-10,19-20,25H,2,11-14H2,1H3. The number of hydrogen-bond donors (Lipinski definition) is 1. The van der Waals surface area contributed by atoms with Crippen molar-refractivity contribution in [2.24, 2.45) is 5.92 Å². The van der Waals surface area contributed by atoms with E-state index in [1.165, 1.54) is 36.4 Å². The molecule has 2 aromatic rings. The second kappa shape index (κ2) is 10.2. The molecule has 0 aliphatic carbocycles. The Balaban J connectivity index is 1.72. The van der Waals surface area contributed by atoms with E-state index in [-0.39, 0.29) is 48.8 Å². The summed E-state index contributed by atoms with van der Waals surface area (Å²) in [5.74, 6) is -1.85. The number of hydroxylamine groups is 2. The zero-order valence-corrected chi connectivity index (χ0v) is 17.8. The van der Waals surface area contributed by atoms with E-state index in [9.17, 15) is 22.8 Å². The van der Waals surface area contributed by atoms with Gasteiger partial charge in [0.1, 0.15) is 18.2 Å². The molecule has 2 unspecified atom stereocenters. The first-order chi connectivity index (χ1) is 14.8. The van der Waals surface area contributed by atoms with Crippen LogP contribution < -0.4 is 4.74 Å². The van der Waals surface area contributed by atoms with Crippen LogP contribution in [0.3, 0.4) is 0 Å². The van der Waals surface area contributed by atoms with Gasteiger partial charge in [-0.15, -0.1) is 0 Å². The fourth-order valence-corrected chi connectivity index (χ4v) is 5.19. The third-order valence-electron chi connectivity index (χ3n) is 4.92. The molecule has 10 heteroatoms. The van der Waals surface area contributed by atoms with E-state index in [0.29, 0.717) is 5.75 Å². The van der Waals surface area contributed by atoms with Crippen LogP contribution in [0.4, 0.5) is 4.39 Å². The van der Waals surface area contributed by atoms with Gasteiger partial charge < -0.3 is 9.47 Å². The largest absolute Gasteiger partial charge is 0.489 e. The Bertz CT molecular complexity index is 980. The van der Waals surface area contributed by atoms with Crippen LogP contribution in [0.15, 0.2) is 53.4 Å². The minimum absolute atomic E-state index is 0.0345. The number of nitrogens with zero attached hydrogens (tertiary/aromatic N) is 1. The third-order valence-corrected chi connectivity index (χ3v) is 7.21. The van der Waals surface area contributed by atoms with Crippen LogP contribution in [0.25, 0.3) is 0 Å². The number of ether oxygens (including phenoxy) is 2. The van der Waals surface area contributed by atoms with E-state index >= 15 is 0 Å². The van der Waals surface area contributed by atoms with E-state index < -0.39 is 26.9 Å². The van der Waals surface area contributed by atoms with Crippen molar-refractivity contribution in [2.75, 3.05) is 19.8 Å². The molecule has 3 rings (SSSR count). The number of benzene rings is 2. The number of amides is 1. The van der Waals surface area contributed by atoms with Crippen molar-refractivity contribution in [2.45, 2.75) is 30.1 Å². The van der Waals surface area contributed by atoms with Gasteiger partial charge in [0, 0.05) is 6.61 Å². The lowest BCUT2D eigenvalue weighted by Gasteiger charge is -2.31. The van der Waals surface area contributed by atoms with Crippen molar-refractivity contribution in [1.82, 2.24) is 5.23 Å². The maximum absolute atomic E-state index is 13.2. The van der Waals surface area contributed by atoms with Crippen LogP contribution in [0, 0.1) is 11.7 Å². The molecule has 1 heterocycles. The number of carbonyl (C=O) groups is 1. The van der Waals surface area contributed by atoms with Gasteiger partial charge in [0.05, 0.1) is 29.3 Å². The van der Waals surface area contributed by atoms with Gasteiger partial charge in [-0.25, -0.2) is 17.6 Å². The molecule has 1 fully saturated rings. The lowest BCUT2D eigenvalue weighted by molar-refractivity contribution is -0.317. The maximum atomic E-state index is 13.2. The molecule has 0 radical (unpaired) electrons. The van der Waals surface area contributed by atoms with Crippen LogP contribution >= 0.6 is 0 Å². The summed E-state index contributed by atoms with van der Waals surface area (Å²) in [5, 5.41) is 8.72. The summed E-state index contributed by atoms with van der Waals surface area (Å²) >= 11 is 0. The van der Waals surface area contributed by atoms with Crippen molar-refractivity contribution < 1.29 is 37.1 Å². The fourth-order valence-electron chi connectivity index (χ4n) is 3.30. The van der Waals surface area contributed by atoms with Crippen LogP contribution in [-0.4, -0.2) is 49.8 Å². The topological polar surface area (TPSA) is 102 Å². The minimum Gasteiger partial charge on any atom is -0.489 e. The monoisotopic (exact) mass is 453 g/mol. The van der Waals surface area contributed by atoms with Crippen LogP contribution in [0.1, 0.15) is 18.9 Å². The predicted octanol–water partition coefficient (Wildman–Crippen LogP) is 2.75. The van der Waals surface area contributed by atoms with Gasteiger partial charge in [-0.2, -0.15) is 0 Å². The smallest absolute Gasteiger partial charge is 0.279 e. The first-order valence-corrected chi connectivity index (χ1v) is 11.3. The summed E-state index contributed by atoms with van der Waals surface area (Å²) in [5.41, 5.74) is 0.768. The van der Waals surface area contributed by atoms with E-state index in [1.54, 1.807) is 19.1 Å². The lowest BCUT2D eigenvalue weighted by Crippen LogP contribution is -2.47. The van der Waals surface area contributed by atoms with Crippen molar-refractivity contribution >= 4 is 15.7 Å². The third kappa shape index (κ3) is 5.59. The summed E-state index contributed by atoms with van der Waals surface area (Å²) in [4.78, 5) is 17.2. The van der Waals surface area contributed by atoms with E-state index in [2.05, 4.69) is 0 Å². The molecule has 0 bridgehead atoms. The molecule has 1 aliphatic heterocycles. The highest BCUT2D eigenvalue weighted by Crippen LogP contribution is 2.30. The molecule has 1 N–H and O–H groups in total. The molecular weight excluding hydrogens is 429 g/mol. The lowest BCUT2D eigenvalue weighted by atomic mass is 10.0. The Labute approximate surface area is 180 Å². The highest BCUT2D eigenvalue weighted by Gasteiger charge is 2.43. The van der Waals surface area contributed by atoms with Crippen molar-refractivity contribution in [3.63, 3.8) is 0 Å². The van der Waals surface area contributed by atoms with Gasteiger partial charge in [0.25, 0.3) is 5.91 Å². The number of sulfone groups is 1. The van der Waals surface area contributed by atoms with Crippen molar-refractivity contribution in [3.8, 4) is 5.75 Å². The van der Waals surface area contributed by atoms with Crippen LogP contribution in [0.5, 0.6) is 5.75 Å². The van der Waals surface area contributed by atoms with Gasteiger partial charge in [0.2, 0.25) is 0 Å². The van der Waals surface area contributed by atoms with Gasteiger partial charge in [-0.05, 0) is 55.3 Å². The van der Waals surface area contributed by atoms with Crippen LogP contribution in [0.2, 0.25) is 0 Å². The maximum Gasteiger partial charge on any atom is 0.279 e. The van der Waals surface area contributed by atoms with E-state index in [4.69, 9.17) is 14.3 Å². The Morgan fingerprint density at radius 2 is 1.87 bits per heavy atom. The molecule has 2 aromatic carbocycles. The molecule has 0 saturated carbocycles. The molecule has 0 spiro atoms. The average Bonchev–Trinajstić information content (AvgIpc) is 2.78. The molecule has 1 amide bonds. The second-order valence-electron chi connectivity index (χ2n) is 6.97. The summed E-state index contributed by atoms with van der Waals surface area (Å²) < 4.78 is 50.2. The summed E-state index contributed by atoms with van der Waals surface area (Å²) in [6, 6.07) is 11.7. The number of carbonyl (C=O) groups excluding carboxylic acids is 1. The number of hydrogen-bond acceptors (Lipinski definition) is 7. The first kappa shape index (κ1) is 23.1. The highest BCUT2D eigenvalue weighted by atomic mass is 32.2. The normalized spacial score (nSPS) is 19.1. The second-order valence-corrected chi connectivity index (χ2v) is 9.14. The molecular formula is C21H24FNO7S. The Morgan fingerprint density at radius 1 is 1.19 bits per heavy atom. The quantitative estimate of drug-likeness (QED) is 0.484. The van der Waals surface area contributed by atoms with Gasteiger partial charge in [-0.3, -0.25) is 10.0 Å². The van der Waals surface area contributed by atoms with Crippen molar-refractivity contribution in [3.05, 3.63) is 59.9 Å². The molecule has 8 nitrogen and oxygen atoms in total. The summed E-state index contributed by atoms with van der Waals surface area (Å²) in [6.45, 7) is 1.89. The molecule has 168 valence electrons. The number of rotatable bonds is 8. The fraction of sp³-hybridized carbons (Fsp3) is 0.381. The minimum atomic E-state index is -3.88. The number of halogens is 1. The van der Waals surface area contributed by atoms with E-state index in [0.717, 1.165) is 5.56 Å². The van der Waals surface area contributed by atoms with Crippen molar-refractivity contribution in [1.29, 1.82) is 0 Å². The average molecular weight is 453 g/mol. The van der Waals surface area contributed by atoms with Crippen LogP contribution in [-0.2, 0) is 30.8 Å².